The standard InChI is InChI=1S/C30H50B2O4/c1-11-13-15-17-19-23-21-26(32-35-29(7,8)30(9,10)36-32)24(20-18-16-14-12-2)22-25(23)31-33-27(3,4)28(5,6)34-31/h11,21-22H,1,12-20H2,2-10H3. The van der Waals surface area contributed by atoms with Gasteiger partial charge >= 0.3 is 14.2 Å². The van der Waals surface area contributed by atoms with Crippen LogP contribution in [0.25, 0.3) is 0 Å². The van der Waals surface area contributed by atoms with Crippen molar-refractivity contribution in [3.63, 3.8) is 0 Å². The number of aryl methyl sites for hydroxylation is 2. The molecule has 2 fully saturated rings. The van der Waals surface area contributed by atoms with Gasteiger partial charge in [-0.25, -0.2) is 0 Å². The summed E-state index contributed by atoms with van der Waals surface area (Å²) in [6.45, 7) is 23.2. The van der Waals surface area contributed by atoms with Gasteiger partial charge in [0.25, 0.3) is 0 Å². The quantitative estimate of drug-likeness (QED) is 0.193. The average Bonchev–Trinajstić information content (AvgIpc) is 3.13. The Bertz CT molecular complexity index is 874. The Morgan fingerprint density at radius 2 is 1.03 bits per heavy atom. The van der Waals surface area contributed by atoms with Crippen LogP contribution >= 0.6 is 0 Å². The zero-order valence-electron chi connectivity index (χ0n) is 24.6. The molecule has 2 saturated heterocycles. The molecule has 6 heteroatoms. The monoisotopic (exact) mass is 496 g/mol. The van der Waals surface area contributed by atoms with Crippen LogP contribution in [0.2, 0.25) is 0 Å². The van der Waals surface area contributed by atoms with Crippen LogP contribution in [0.5, 0.6) is 0 Å². The van der Waals surface area contributed by atoms with Crippen LogP contribution < -0.4 is 10.9 Å². The normalized spacial score (nSPS) is 21.8. The molecule has 3 rings (SSSR count). The highest BCUT2D eigenvalue weighted by Crippen LogP contribution is 2.38. The summed E-state index contributed by atoms with van der Waals surface area (Å²) in [5.74, 6) is 0. The van der Waals surface area contributed by atoms with Crippen molar-refractivity contribution in [1.29, 1.82) is 0 Å². The molecular formula is C30H50B2O4. The van der Waals surface area contributed by atoms with E-state index in [-0.39, 0.29) is 36.6 Å². The Labute approximate surface area is 222 Å². The largest absolute Gasteiger partial charge is 0.495 e. The maximum Gasteiger partial charge on any atom is 0.495 e. The minimum Gasteiger partial charge on any atom is -0.399 e. The second-order valence-corrected chi connectivity index (χ2v) is 12.8. The molecule has 0 bridgehead atoms. The average molecular weight is 496 g/mol. The van der Waals surface area contributed by atoms with Crippen LogP contribution in [-0.4, -0.2) is 36.6 Å². The minimum atomic E-state index is -0.372. The fourth-order valence-electron chi connectivity index (χ4n) is 4.89. The van der Waals surface area contributed by atoms with Gasteiger partial charge in [0, 0.05) is 0 Å². The molecule has 0 N–H and O–H groups in total. The van der Waals surface area contributed by atoms with E-state index in [1.807, 2.05) is 6.08 Å². The third-order valence-electron chi connectivity index (χ3n) is 8.82. The molecule has 0 saturated carbocycles. The molecule has 0 aromatic heterocycles. The summed E-state index contributed by atoms with van der Waals surface area (Å²) in [5.41, 5.74) is 3.43. The summed E-state index contributed by atoms with van der Waals surface area (Å²) in [5, 5.41) is 0. The summed E-state index contributed by atoms with van der Waals surface area (Å²) < 4.78 is 26.2. The van der Waals surface area contributed by atoms with Gasteiger partial charge in [-0.3, -0.25) is 0 Å². The Morgan fingerprint density at radius 1 is 0.639 bits per heavy atom. The first kappa shape index (κ1) is 29.5. The summed E-state index contributed by atoms with van der Waals surface area (Å²) in [6, 6.07) is 4.68. The molecule has 2 heterocycles. The molecule has 36 heavy (non-hydrogen) atoms. The number of unbranched alkanes of at least 4 members (excludes halogenated alkanes) is 5. The maximum absolute atomic E-state index is 6.55. The SMILES string of the molecule is C=CCCCCc1cc(B2OC(C)(C)C(C)(C)O2)c(CCCCCC)cc1B1OC(C)(C)C(C)(C)O1. The van der Waals surface area contributed by atoms with Crippen molar-refractivity contribution in [3.8, 4) is 0 Å². The van der Waals surface area contributed by atoms with Crippen molar-refractivity contribution < 1.29 is 18.6 Å². The molecule has 2 aliphatic rings. The molecule has 0 unspecified atom stereocenters. The van der Waals surface area contributed by atoms with Crippen LogP contribution in [-0.2, 0) is 31.5 Å². The molecule has 0 aliphatic carbocycles. The van der Waals surface area contributed by atoms with Crippen LogP contribution in [0.3, 0.4) is 0 Å². The zero-order chi connectivity index (χ0) is 26.8. The number of allylic oxidation sites excluding steroid dienone is 1. The smallest absolute Gasteiger partial charge is 0.399 e. The van der Waals surface area contributed by atoms with Gasteiger partial charge in [0.05, 0.1) is 22.4 Å². The van der Waals surface area contributed by atoms with E-state index in [0.29, 0.717) is 0 Å². The fraction of sp³-hybridized carbons (Fsp3) is 0.733. The van der Waals surface area contributed by atoms with Gasteiger partial charge < -0.3 is 18.6 Å². The van der Waals surface area contributed by atoms with E-state index in [1.54, 1.807) is 0 Å². The molecule has 200 valence electrons. The predicted octanol–water partition coefficient (Wildman–Crippen LogP) is 6.31. The summed E-state index contributed by atoms with van der Waals surface area (Å²) in [4.78, 5) is 0. The maximum atomic E-state index is 6.55. The van der Waals surface area contributed by atoms with Crippen molar-refractivity contribution in [2.75, 3.05) is 0 Å². The number of benzene rings is 1. The number of hydrogen-bond acceptors (Lipinski definition) is 4. The van der Waals surface area contributed by atoms with E-state index < -0.39 is 0 Å². The van der Waals surface area contributed by atoms with Gasteiger partial charge in [-0.05, 0) is 116 Å². The summed E-state index contributed by atoms with van der Waals surface area (Å²) in [6.07, 6.45) is 12.1. The Kier molecular flexibility index (Phi) is 9.30. The third kappa shape index (κ3) is 6.31. The van der Waals surface area contributed by atoms with E-state index >= 15 is 0 Å². The molecule has 0 spiro atoms. The van der Waals surface area contributed by atoms with Crippen molar-refractivity contribution >= 4 is 25.2 Å². The lowest BCUT2D eigenvalue weighted by Gasteiger charge is -2.32. The van der Waals surface area contributed by atoms with Crippen molar-refractivity contribution in [2.45, 2.75) is 143 Å². The van der Waals surface area contributed by atoms with E-state index in [0.717, 1.165) is 44.0 Å². The molecule has 4 nitrogen and oxygen atoms in total. The van der Waals surface area contributed by atoms with Crippen LogP contribution in [0.4, 0.5) is 0 Å². The third-order valence-corrected chi connectivity index (χ3v) is 8.82. The number of hydrogen-bond donors (Lipinski definition) is 0. The lowest BCUT2D eigenvalue weighted by molar-refractivity contribution is 0.00578. The minimum absolute atomic E-state index is 0.365. The van der Waals surface area contributed by atoms with Gasteiger partial charge in [-0.2, -0.15) is 0 Å². The molecule has 0 amide bonds. The molecule has 1 aromatic rings. The van der Waals surface area contributed by atoms with Crippen LogP contribution in [0, 0.1) is 0 Å². The van der Waals surface area contributed by atoms with Crippen molar-refractivity contribution in [3.05, 3.63) is 35.9 Å². The van der Waals surface area contributed by atoms with E-state index in [1.165, 1.54) is 35.9 Å². The fourth-order valence-corrected chi connectivity index (χ4v) is 4.89. The summed E-state index contributed by atoms with van der Waals surface area (Å²) in [7, 11) is -0.735. The van der Waals surface area contributed by atoms with E-state index in [2.05, 4.69) is 81.0 Å². The van der Waals surface area contributed by atoms with Crippen molar-refractivity contribution in [1.82, 2.24) is 0 Å². The second kappa shape index (κ2) is 11.4. The Morgan fingerprint density at radius 3 is 1.39 bits per heavy atom. The Hall–Kier alpha value is -1.07. The lowest BCUT2D eigenvalue weighted by Crippen LogP contribution is -2.43. The van der Waals surface area contributed by atoms with E-state index in [9.17, 15) is 0 Å². The van der Waals surface area contributed by atoms with Gasteiger partial charge in [-0.1, -0.05) is 44.4 Å². The molecule has 0 radical (unpaired) electrons. The number of rotatable bonds is 12. The Balaban J connectivity index is 2.03. The van der Waals surface area contributed by atoms with Gasteiger partial charge in [0.15, 0.2) is 0 Å². The van der Waals surface area contributed by atoms with Crippen molar-refractivity contribution in [2.24, 2.45) is 0 Å². The molecule has 0 atom stereocenters. The van der Waals surface area contributed by atoms with E-state index in [4.69, 9.17) is 18.6 Å². The highest BCUT2D eigenvalue weighted by molar-refractivity contribution is 6.65. The lowest BCUT2D eigenvalue weighted by atomic mass is 9.67. The van der Waals surface area contributed by atoms with Gasteiger partial charge in [-0.15, -0.1) is 6.58 Å². The first-order chi connectivity index (χ1) is 16.7. The molecule has 2 aliphatic heterocycles. The topological polar surface area (TPSA) is 36.9 Å². The van der Waals surface area contributed by atoms with Gasteiger partial charge in [0.1, 0.15) is 0 Å². The van der Waals surface area contributed by atoms with Crippen LogP contribution in [0.1, 0.15) is 118 Å². The first-order valence-corrected chi connectivity index (χ1v) is 14.2. The van der Waals surface area contributed by atoms with Crippen LogP contribution in [0.15, 0.2) is 24.8 Å². The molecular weight excluding hydrogens is 446 g/mol. The summed E-state index contributed by atoms with van der Waals surface area (Å²) >= 11 is 0. The predicted molar refractivity (Wildman–Crippen MR) is 153 cm³/mol. The van der Waals surface area contributed by atoms with Gasteiger partial charge in [0.2, 0.25) is 0 Å². The highest BCUT2D eigenvalue weighted by atomic mass is 16.7. The molecule has 1 aromatic carbocycles. The zero-order valence-corrected chi connectivity index (χ0v) is 24.6. The highest BCUT2D eigenvalue weighted by Gasteiger charge is 2.54. The first-order valence-electron chi connectivity index (χ1n) is 14.2. The second-order valence-electron chi connectivity index (χ2n) is 12.8.